The molecule has 0 saturated carbocycles. The van der Waals surface area contributed by atoms with Crippen molar-refractivity contribution in [1.29, 1.82) is 0 Å². The lowest BCUT2D eigenvalue weighted by atomic mass is 9.72. The van der Waals surface area contributed by atoms with E-state index < -0.39 is 11.6 Å². The van der Waals surface area contributed by atoms with Gasteiger partial charge in [0.05, 0.1) is 24.9 Å². The van der Waals surface area contributed by atoms with Crippen molar-refractivity contribution >= 4 is 5.91 Å². The minimum atomic E-state index is -0.682. The Morgan fingerprint density at radius 1 is 1.03 bits per heavy atom. The molecule has 0 aliphatic carbocycles. The molecule has 0 spiro atoms. The predicted octanol–water partition coefficient (Wildman–Crippen LogP) is 4.72. The van der Waals surface area contributed by atoms with Crippen LogP contribution in [0, 0.1) is 6.92 Å². The third-order valence-corrected chi connectivity index (χ3v) is 8.13. The van der Waals surface area contributed by atoms with Crippen molar-refractivity contribution in [2.45, 2.75) is 104 Å². The van der Waals surface area contributed by atoms with Crippen molar-refractivity contribution in [2.24, 2.45) is 0 Å². The van der Waals surface area contributed by atoms with Crippen LogP contribution >= 0.6 is 0 Å². The van der Waals surface area contributed by atoms with Crippen LogP contribution in [0.3, 0.4) is 0 Å². The number of aromatic nitrogens is 1. The Balaban J connectivity index is 2.37. The molecule has 1 heterocycles. The van der Waals surface area contributed by atoms with E-state index in [1.807, 2.05) is 39.0 Å². The van der Waals surface area contributed by atoms with Crippen LogP contribution in [0.2, 0.25) is 0 Å². The summed E-state index contributed by atoms with van der Waals surface area (Å²) in [5.74, 6) is 0.574. The topological polar surface area (TPSA) is 104 Å². The molecule has 0 aliphatic rings. The third kappa shape index (κ3) is 6.95. The maximum absolute atomic E-state index is 13.1. The van der Waals surface area contributed by atoms with Gasteiger partial charge in [-0.05, 0) is 75.3 Å². The molecule has 0 fully saturated rings. The maximum atomic E-state index is 13.1. The molecule has 0 radical (unpaired) electrons. The SMILES string of the molecule is CCn1c(C(=O)NC(CO)CCO)ccc1C(CC)(CC)c1ccc(OCCC(O)(CC)CC)c(C)c1. The van der Waals surface area contributed by atoms with Crippen LogP contribution in [0.15, 0.2) is 30.3 Å². The van der Waals surface area contributed by atoms with E-state index in [9.17, 15) is 20.1 Å². The van der Waals surface area contributed by atoms with E-state index in [1.54, 1.807) is 0 Å². The van der Waals surface area contributed by atoms with E-state index in [0.29, 0.717) is 44.5 Å². The van der Waals surface area contributed by atoms with E-state index in [-0.39, 0.29) is 24.5 Å². The summed E-state index contributed by atoms with van der Waals surface area (Å²) in [4.78, 5) is 13.1. The smallest absolute Gasteiger partial charge is 0.268 e. The molecule has 7 nitrogen and oxygen atoms in total. The molecule has 1 unspecified atom stereocenters. The van der Waals surface area contributed by atoms with Gasteiger partial charge in [0.1, 0.15) is 11.4 Å². The number of rotatable bonds is 16. The van der Waals surface area contributed by atoms with Crippen molar-refractivity contribution in [3.8, 4) is 5.75 Å². The van der Waals surface area contributed by atoms with Crippen molar-refractivity contribution in [2.75, 3.05) is 19.8 Å². The molecule has 0 bridgehead atoms. The molecule has 37 heavy (non-hydrogen) atoms. The number of ether oxygens (including phenoxy) is 1. The van der Waals surface area contributed by atoms with Crippen molar-refractivity contribution in [1.82, 2.24) is 9.88 Å². The van der Waals surface area contributed by atoms with Crippen LogP contribution in [-0.2, 0) is 12.0 Å². The van der Waals surface area contributed by atoms with Crippen LogP contribution in [-0.4, -0.2) is 57.3 Å². The minimum Gasteiger partial charge on any atom is -0.493 e. The number of hydrogen-bond donors (Lipinski definition) is 4. The Labute approximate surface area is 222 Å². The molecule has 1 aromatic heterocycles. The molecule has 2 rings (SSSR count). The lowest BCUT2D eigenvalue weighted by molar-refractivity contribution is 0.0116. The first-order chi connectivity index (χ1) is 17.7. The number of aryl methyl sites for hydroxylation is 1. The number of aliphatic hydroxyl groups is 3. The normalized spacial score (nSPS) is 13.0. The fraction of sp³-hybridized carbons (Fsp3) is 0.633. The van der Waals surface area contributed by atoms with Gasteiger partial charge in [-0.3, -0.25) is 4.79 Å². The second-order valence-electron chi connectivity index (χ2n) is 10.0. The summed E-state index contributed by atoms with van der Waals surface area (Å²) in [6.45, 7) is 13.2. The molecule has 0 aliphatic heterocycles. The van der Waals surface area contributed by atoms with Crippen LogP contribution in [0.5, 0.6) is 5.75 Å². The summed E-state index contributed by atoms with van der Waals surface area (Å²) in [5.41, 5.74) is 2.88. The van der Waals surface area contributed by atoms with Gasteiger partial charge in [0, 0.05) is 30.7 Å². The van der Waals surface area contributed by atoms with Crippen molar-refractivity contribution < 1.29 is 24.9 Å². The van der Waals surface area contributed by atoms with Gasteiger partial charge < -0.3 is 29.9 Å². The van der Waals surface area contributed by atoms with E-state index in [0.717, 1.165) is 29.8 Å². The van der Waals surface area contributed by atoms with Gasteiger partial charge >= 0.3 is 0 Å². The van der Waals surface area contributed by atoms with Crippen molar-refractivity contribution in [3.05, 3.63) is 52.8 Å². The number of hydrogen-bond acceptors (Lipinski definition) is 5. The zero-order chi connectivity index (χ0) is 27.6. The lowest BCUT2D eigenvalue weighted by Gasteiger charge is -2.35. The zero-order valence-electron chi connectivity index (χ0n) is 23.6. The number of amides is 1. The molecule has 2 aromatic rings. The number of nitrogens with one attached hydrogen (secondary N) is 1. The number of benzene rings is 1. The van der Waals surface area contributed by atoms with Gasteiger partial charge in [-0.1, -0.05) is 39.8 Å². The highest BCUT2D eigenvalue weighted by molar-refractivity contribution is 5.93. The Morgan fingerprint density at radius 3 is 2.22 bits per heavy atom. The van der Waals surface area contributed by atoms with E-state index in [2.05, 4.69) is 42.8 Å². The number of carbonyl (C=O) groups excluding carboxylic acids is 1. The van der Waals surface area contributed by atoms with Crippen LogP contribution in [0.25, 0.3) is 0 Å². The van der Waals surface area contributed by atoms with Gasteiger partial charge in [0.25, 0.3) is 5.91 Å². The van der Waals surface area contributed by atoms with Gasteiger partial charge in [-0.25, -0.2) is 0 Å². The molecule has 0 saturated heterocycles. The Kier molecular flexibility index (Phi) is 11.7. The fourth-order valence-corrected chi connectivity index (χ4v) is 5.28. The van der Waals surface area contributed by atoms with Crippen molar-refractivity contribution in [3.63, 3.8) is 0 Å². The molecule has 1 aromatic carbocycles. The van der Waals surface area contributed by atoms with Crippen LogP contribution < -0.4 is 10.1 Å². The first-order valence-corrected chi connectivity index (χ1v) is 13.9. The summed E-state index contributed by atoms with van der Waals surface area (Å²) in [6.07, 6.45) is 4.04. The highest BCUT2D eigenvalue weighted by Gasteiger charge is 2.35. The molecule has 1 amide bonds. The van der Waals surface area contributed by atoms with Gasteiger partial charge in [0.2, 0.25) is 0 Å². The lowest BCUT2D eigenvalue weighted by Crippen LogP contribution is -2.39. The summed E-state index contributed by atoms with van der Waals surface area (Å²) in [5, 5.41) is 32.2. The average Bonchev–Trinajstić information content (AvgIpc) is 3.35. The molecule has 4 N–H and O–H groups in total. The molecular formula is C30H48N2O5. The maximum Gasteiger partial charge on any atom is 0.268 e. The quantitative estimate of drug-likeness (QED) is 0.259. The number of carbonyl (C=O) groups is 1. The summed E-state index contributed by atoms with van der Waals surface area (Å²) >= 11 is 0. The fourth-order valence-electron chi connectivity index (χ4n) is 5.28. The zero-order valence-corrected chi connectivity index (χ0v) is 23.6. The van der Waals surface area contributed by atoms with Gasteiger partial charge in [-0.2, -0.15) is 0 Å². The second-order valence-corrected chi connectivity index (χ2v) is 10.0. The second kappa shape index (κ2) is 14.0. The Hall–Kier alpha value is -2.35. The Morgan fingerprint density at radius 2 is 1.70 bits per heavy atom. The highest BCUT2D eigenvalue weighted by atomic mass is 16.5. The number of aliphatic hydroxyl groups excluding tert-OH is 2. The van der Waals surface area contributed by atoms with Gasteiger partial charge in [-0.15, -0.1) is 0 Å². The van der Waals surface area contributed by atoms with E-state index in [1.165, 1.54) is 5.56 Å². The summed E-state index contributed by atoms with van der Waals surface area (Å²) < 4.78 is 8.13. The standard InChI is InChI=1S/C30H48N2O5/c1-7-29(36,8-2)17-19-37-26-14-12-23(20-22(26)6)30(9-3,10-4)27-15-13-25(32(27)11-5)28(35)31-24(21-34)16-18-33/h12-15,20,24,33-34,36H,7-11,16-19,21H2,1-6H3,(H,31,35). The molecule has 7 heteroatoms. The monoisotopic (exact) mass is 516 g/mol. The highest BCUT2D eigenvalue weighted by Crippen LogP contribution is 2.41. The largest absolute Gasteiger partial charge is 0.493 e. The van der Waals surface area contributed by atoms with E-state index in [4.69, 9.17) is 4.74 Å². The summed E-state index contributed by atoms with van der Waals surface area (Å²) in [6, 6.07) is 9.75. The first kappa shape index (κ1) is 30.9. The summed E-state index contributed by atoms with van der Waals surface area (Å²) in [7, 11) is 0. The van der Waals surface area contributed by atoms with Gasteiger partial charge in [0.15, 0.2) is 0 Å². The molecular weight excluding hydrogens is 468 g/mol. The first-order valence-electron chi connectivity index (χ1n) is 13.9. The average molecular weight is 517 g/mol. The molecule has 1 atom stereocenters. The third-order valence-electron chi connectivity index (χ3n) is 8.13. The molecule has 208 valence electrons. The number of nitrogens with zero attached hydrogens (tertiary/aromatic N) is 1. The Bertz CT molecular complexity index is 992. The predicted molar refractivity (Wildman–Crippen MR) is 148 cm³/mol. The van der Waals surface area contributed by atoms with E-state index >= 15 is 0 Å². The minimum absolute atomic E-state index is 0.0997. The van der Waals surface area contributed by atoms with Crippen LogP contribution in [0.1, 0.15) is 100 Å². The van der Waals surface area contributed by atoms with Crippen LogP contribution in [0.4, 0.5) is 0 Å².